The first-order valence-electron chi connectivity index (χ1n) is 7.00. The van der Waals surface area contributed by atoms with Gasteiger partial charge in [-0.3, -0.25) is 0 Å². The summed E-state index contributed by atoms with van der Waals surface area (Å²) in [6.45, 7) is 6.26. The fourth-order valence-corrected chi connectivity index (χ4v) is 5.38. The maximum absolute atomic E-state index is 5.90. The van der Waals surface area contributed by atoms with Crippen LogP contribution in [0.5, 0.6) is 0 Å². The summed E-state index contributed by atoms with van der Waals surface area (Å²) in [6, 6.07) is 0. The molecule has 0 radical (unpaired) electrons. The van der Waals surface area contributed by atoms with Gasteiger partial charge >= 0.3 is 0 Å². The molecule has 0 aromatic carbocycles. The van der Waals surface area contributed by atoms with Gasteiger partial charge in [-0.05, 0) is 68.6 Å². The highest BCUT2D eigenvalue weighted by Crippen LogP contribution is 2.65. The predicted octanol–water partition coefficient (Wildman–Crippen LogP) is 3.40. The number of allylic oxidation sites excluding steroid dienone is 1. The number of hydrogen-bond donors (Lipinski definition) is 0. The highest BCUT2D eigenvalue weighted by atomic mass is 16.6. The molecule has 0 spiro atoms. The monoisotopic (exact) mass is 218 g/mol. The van der Waals surface area contributed by atoms with Crippen molar-refractivity contribution in [2.75, 3.05) is 0 Å². The van der Waals surface area contributed by atoms with Crippen LogP contribution in [-0.2, 0) is 4.74 Å². The van der Waals surface area contributed by atoms with Gasteiger partial charge in [0.15, 0.2) is 0 Å². The summed E-state index contributed by atoms with van der Waals surface area (Å²) in [6.07, 6.45) is 9.77. The van der Waals surface area contributed by atoms with Gasteiger partial charge in [0.2, 0.25) is 0 Å². The highest BCUT2D eigenvalue weighted by molar-refractivity contribution is 5.13. The van der Waals surface area contributed by atoms with Crippen molar-refractivity contribution < 1.29 is 4.74 Å². The Morgan fingerprint density at radius 3 is 2.94 bits per heavy atom. The van der Waals surface area contributed by atoms with E-state index in [2.05, 4.69) is 19.6 Å². The topological polar surface area (TPSA) is 12.5 Å². The van der Waals surface area contributed by atoms with Crippen molar-refractivity contribution in [2.24, 2.45) is 29.6 Å². The Bertz CT molecular complexity index is 336. The van der Waals surface area contributed by atoms with Crippen molar-refractivity contribution >= 4 is 0 Å². The van der Waals surface area contributed by atoms with E-state index >= 15 is 0 Å². The summed E-state index contributed by atoms with van der Waals surface area (Å²) in [5.74, 6) is 5.02. The van der Waals surface area contributed by atoms with Crippen molar-refractivity contribution in [3.8, 4) is 0 Å². The zero-order valence-corrected chi connectivity index (χ0v) is 10.2. The van der Waals surface area contributed by atoms with Crippen LogP contribution in [0, 0.1) is 29.6 Å². The van der Waals surface area contributed by atoms with Gasteiger partial charge in [0.25, 0.3) is 0 Å². The van der Waals surface area contributed by atoms with Crippen LogP contribution in [0.3, 0.4) is 0 Å². The summed E-state index contributed by atoms with van der Waals surface area (Å²) in [4.78, 5) is 0. The lowest BCUT2D eigenvalue weighted by atomic mass is 9.64. The van der Waals surface area contributed by atoms with Crippen molar-refractivity contribution in [1.29, 1.82) is 0 Å². The molecule has 4 fully saturated rings. The third kappa shape index (κ3) is 1.11. The van der Waals surface area contributed by atoms with E-state index in [1.807, 2.05) is 0 Å². The molecule has 3 saturated carbocycles. The smallest absolute Gasteiger partial charge is 0.0923 e. The molecule has 1 nitrogen and oxygen atoms in total. The SMILES string of the molecule is C=CC[C@@H]1C[C@H]2C[C@H]1[C@@H]1C[C@]3(C)O[C@@H]3C[C@H]21. The van der Waals surface area contributed by atoms with Gasteiger partial charge in [-0.2, -0.15) is 0 Å². The van der Waals surface area contributed by atoms with Crippen molar-refractivity contribution in [1.82, 2.24) is 0 Å². The van der Waals surface area contributed by atoms with Crippen LogP contribution in [0.4, 0.5) is 0 Å². The standard InChI is InChI=1S/C15H22O/c1-3-4-9-5-10-6-11(9)13-8-15(2)14(16-15)7-12(10)13/h3,9-14H,1,4-8H2,2H3/t9-,10+,11-,12-,13+,14-,15+/m1/s1. The maximum Gasteiger partial charge on any atom is 0.0923 e. The maximum atomic E-state index is 5.90. The fraction of sp³-hybridized carbons (Fsp3) is 0.867. The van der Waals surface area contributed by atoms with Gasteiger partial charge < -0.3 is 4.74 Å². The van der Waals surface area contributed by atoms with Gasteiger partial charge in [0, 0.05) is 0 Å². The minimum atomic E-state index is 0.296. The van der Waals surface area contributed by atoms with E-state index in [9.17, 15) is 0 Å². The van der Waals surface area contributed by atoms with Gasteiger partial charge in [0.1, 0.15) is 0 Å². The second kappa shape index (κ2) is 2.93. The van der Waals surface area contributed by atoms with E-state index in [1.54, 1.807) is 0 Å². The van der Waals surface area contributed by atoms with Gasteiger partial charge in [0.05, 0.1) is 11.7 Å². The molecule has 1 saturated heterocycles. The molecule has 0 aromatic heterocycles. The van der Waals surface area contributed by atoms with Gasteiger partial charge in [-0.1, -0.05) is 6.08 Å². The molecule has 7 atom stereocenters. The van der Waals surface area contributed by atoms with E-state index in [-0.39, 0.29) is 0 Å². The predicted molar refractivity (Wildman–Crippen MR) is 64.0 cm³/mol. The van der Waals surface area contributed by atoms with Crippen molar-refractivity contribution in [3.63, 3.8) is 0 Å². The van der Waals surface area contributed by atoms with E-state index in [4.69, 9.17) is 4.74 Å². The van der Waals surface area contributed by atoms with Crippen LogP contribution < -0.4 is 0 Å². The first-order chi connectivity index (χ1) is 7.71. The molecule has 4 aliphatic rings. The molecule has 1 heterocycles. The van der Waals surface area contributed by atoms with Crippen LogP contribution in [0.1, 0.15) is 39.0 Å². The van der Waals surface area contributed by atoms with Crippen LogP contribution in [0.2, 0.25) is 0 Å². The third-order valence-electron chi connectivity index (χ3n) is 6.12. The molecule has 0 aromatic rings. The summed E-state index contributed by atoms with van der Waals surface area (Å²) >= 11 is 0. The highest BCUT2D eigenvalue weighted by Gasteiger charge is 2.64. The second-order valence-electron chi connectivity index (χ2n) is 6.87. The normalized spacial score (nSPS) is 61.6. The average Bonchev–Trinajstić information content (AvgIpc) is 2.61. The quantitative estimate of drug-likeness (QED) is 0.511. The fourth-order valence-electron chi connectivity index (χ4n) is 5.38. The zero-order chi connectivity index (χ0) is 10.9. The van der Waals surface area contributed by atoms with Crippen molar-refractivity contribution in [3.05, 3.63) is 12.7 Å². The van der Waals surface area contributed by atoms with Gasteiger partial charge in [-0.15, -0.1) is 6.58 Å². The Labute approximate surface area is 98.2 Å². The van der Waals surface area contributed by atoms with E-state index in [0.717, 1.165) is 29.6 Å². The number of rotatable bonds is 2. The molecule has 2 bridgehead atoms. The Balaban J connectivity index is 1.57. The summed E-state index contributed by atoms with van der Waals surface area (Å²) in [5, 5.41) is 0. The van der Waals surface area contributed by atoms with Crippen LogP contribution in [0.25, 0.3) is 0 Å². The Kier molecular flexibility index (Phi) is 1.78. The number of hydrogen-bond acceptors (Lipinski definition) is 1. The second-order valence-corrected chi connectivity index (χ2v) is 6.87. The largest absolute Gasteiger partial charge is 0.366 e. The molecule has 16 heavy (non-hydrogen) atoms. The molecule has 1 aliphatic heterocycles. The molecular weight excluding hydrogens is 196 g/mol. The lowest BCUT2D eigenvalue weighted by Crippen LogP contribution is -2.36. The molecule has 4 rings (SSSR count). The average molecular weight is 218 g/mol. The summed E-state index contributed by atoms with van der Waals surface area (Å²) in [7, 11) is 0. The van der Waals surface area contributed by atoms with E-state index < -0.39 is 0 Å². The lowest BCUT2D eigenvalue weighted by molar-refractivity contribution is 0.113. The molecule has 3 aliphatic carbocycles. The minimum Gasteiger partial charge on any atom is -0.366 e. The molecular formula is C15H22O. The molecule has 0 N–H and O–H groups in total. The Hall–Kier alpha value is -0.300. The number of fused-ring (bicyclic) bond motifs is 6. The zero-order valence-electron chi connectivity index (χ0n) is 10.2. The van der Waals surface area contributed by atoms with Crippen LogP contribution in [-0.4, -0.2) is 11.7 Å². The minimum absolute atomic E-state index is 0.296. The molecule has 0 amide bonds. The first-order valence-corrected chi connectivity index (χ1v) is 7.00. The first kappa shape index (κ1) is 9.70. The molecule has 88 valence electrons. The Morgan fingerprint density at radius 2 is 2.12 bits per heavy atom. The van der Waals surface area contributed by atoms with Crippen LogP contribution in [0.15, 0.2) is 12.7 Å². The summed E-state index contributed by atoms with van der Waals surface area (Å²) < 4.78 is 5.90. The number of ether oxygens (including phenoxy) is 1. The molecule has 0 unspecified atom stereocenters. The number of epoxide rings is 1. The van der Waals surface area contributed by atoms with Crippen molar-refractivity contribution in [2.45, 2.75) is 50.7 Å². The third-order valence-corrected chi connectivity index (χ3v) is 6.12. The van der Waals surface area contributed by atoms with Gasteiger partial charge in [-0.25, -0.2) is 0 Å². The van der Waals surface area contributed by atoms with E-state index in [1.165, 1.54) is 32.1 Å². The van der Waals surface area contributed by atoms with E-state index in [0.29, 0.717) is 11.7 Å². The summed E-state index contributed by atoms with van der Waals surface area (Å²) in [5.41, 5.74) is 0.296. The Morgan fingerprint density at radius 1 is 1.25 bits per heavy atom. The van der Waals surface area contributed by atoms with Crippen LogP contribution >= 0.6 is 0 Å². The lowest BCUT2D eigenvalue weighted by Gasteiger charge is -2.39. The molecule has 1 heteroatoms.